The summed E-state index contributed by atoms with van der Waals surface area (Å²) in [4.78, 5) is 2.31. The highest BCUT2D eigenvalue weighted by molar-refractivity contribution is 6.19. The summed E-state index contributed by atoms with van der Waals surface area (Å²) in [7, 11) is 0. The highest BCUT2D eigenvalue weighted by Gasteiger charge is 2.37. The van der Waals surface area contributed by atoms with Crippen LogP contribution in [0.2, 0.25) is 0 Å². The van der Waals surface area contributed by atoms with Crippen LogP contribution in [0.4, 0.5) is 17.1 Å². The Balaban J connectivity index is 1.13. The molecule has 0 atom stereocenters. The van der Waals surface area contributed by atoms with Crippen LogP contribution in [-0.2, 0) is 0 Å². The van der Waals surface area contributed by atoms with Gasteiger partial charge in [-0.15, -0.1) is 0 Å². The van der Waals surface area contributed by atoms with Crippen LogP contribution >= 0.6 is 0 Å². The molecule has 3 aliphatic rings. The van der Waals surface area contributed by atoms with Gasteiger partial charge in [0.2, 0.25) is 0 Å². The average Bonchev–Trinajstić information content (AvgIpc) is 3.73. The molecule has 53 heavy (non-hydrogen) atoms. The van der Waals surface area contributed by atoms with Crippen molar-refractivity contribution in [2.24, 2.45) is 0 Å². The third kappa shape index (κ3) is 4.02. The van der Waals surface area contributed by atoms with E-state index in [1.807, 2.05) is 18.2 Å². The van der Waals surface area contributed by atoms with E-state index in [0.717, 1.165) is 91.7 Å². The van der Waals surface area contributed by atoms with E-state index in [4.69, 9.17) is 9.47 Å². The van der Waals surface area contributed by atoms with E-state index in [2.05, 4.69) is 160 Å². The summed E-state index contributed by atoms with van der Waals surface area (Å²) in [5.74, 6) is 3.25. The molecular weight excluding hydrogens is 651 g/mol. The van der Waals surface area contributed by atoms with E-state index >= 15 is 0 Å². The number of para-hydroxylation sites is 6. The lowest BCUT2D eigenvalue weighted by atomic mass is 9.99. The number of rotatable bonds is 3. The molecule has 5 nitrogen and oxygen atoms in total. The van der Waals surface area contributed by atoms with Crippen molar-refractivity contribution in [3.63, 3.8) is 0 Å². The molecule has 2 aromatic heterocycles. The normalized spacial score (nSPS) is 14.2. The molecule has 0 N–H and O–H groups in total. The minimum Gasteiger partial charge on any atom is -0.453 e. The number of hydrogen-bond donors (Lipinski definition) is 0. The van der Waals surface area contributed by atoms with Crippen LogP contribution in [0.1, 0.15) is 12.8 Å². The van der Waals surface area contributed by atoms with Gasteiger partial charge in [-0.05, 0) is 96.8 Å². The third-order valence-corrected chi connectivity index (χ3v) is 11.1. The van der Waals surface area contributed by atoms with Crippen LogP contribution in [0.15, 0.2) is 164 Å². The monoisotopic (exact) mass is 681 g/mol. The molecule has 0 spiro atoms. The zero-order chi connectivity index (χ0) is 34.6. The van der Waals surface area contributed by atoms with Crippen molar-refractivity contribution in [3.8, 4) is 39.8 Å². The molecule has 0 fully saturated rings. The summed E-state index contributed by atoms with van der Waals surface area (Å²) in [5.41, 5.74) is 12.2. The van der Waals surface area contributed by atoms with Gasteiger partial charge in [0.05, 0.1) is 38.8 Å². The number of benzene rings is 7. The molecule has 1 aliphatic carbocycles. The second-order valence-electron chi connectivity index (χ2n) is 14.0. The molecule has 2 aliphatic heterocycles. The Kier molecular flexibility index (Phi) is 5.83. The van der Waals surface area contributed by atoms with Gasteiger partial charge in [0.15, 0.2) is 23.0 Å². The van der Waals surface area contributed by atoms with Crippen molar-refractivity contribution in [2.75, 3.05) is 4.90 Å². The Labute approximate surface area is 305 Å². The number of hydrogen-bond acceptors (Lipinski definition) is 3. The van der Waals surface area contributed by atoms with Crippen LogP contribution in [0.25, 0.3) is 66.1 Å². The molecule has 0 amide bonds. The van der Waals surface area contributed by atoms with Gasteiger partial charge in [0.1, 0.15) is 5.69 Å². The van der Waals surface area contributed by atoms with Crippen LogP contribution in [0.3, 0.4) is 0 Å². The number of aromatic nitrogens is 2. The summed E-state index contributed by atoms with van der Waals surface area (Å²) in [6, 6.07) is 51.9. The van der Waals surface area contributed by atoms with Gasteiger partial charge >= 0.3 is 0 Å². The Bertz CT molecular complexity index is 3060. The van der Waals surface area contributed by atoms with Gasteiger partial charge in [-0.3, -0.25) is 4.90 Å². The lowest BCUT2D eigenvalue weighted by molar-refractivity contribution is 0.450. The maximum atomic E-state index is 6.98. The highest BCUT2D eigenvalue weighted by Crippen LogP contribution is 2.62. The molecule has 0 unspecified atom stereocenters. The van der Waals surface area contributed by atoms with E-state index in [0.29, 0.717) is 0 Å². The van der Waals surface area contributed by atoms with Crippen LogP contribution in [-0.4, -0.2) is 9.13 Å². The van der Waals surface area contributed by atoms with E-state index in [1.54, 1.807) is 0 Å². The predicted molar refractivity (Wildman–Crippen MR) is 217 cm³/mol. The first-order chi connectivity index (χ1) is 26.3. The largest absolute Gasteiger partial charge is 0.453 e. The molecule has 4 heterocycles. The number of nitrogens with zero attached hydrogens (tertiary/aromatic N) is 3. The van der Waals surface area contributed by atoms with Crippen LogP contribution in [0, 0.1) is 0 Å². The minimum absolute atomic E-state index is 0.783. The second-order valence-corrected chi connectivity index (χ2v) is 14.0. The van der Waals surface area contributed by atoms with Gasteiger partial charge < -0.3 is 18.6 Å². The van der Waals surface area contributed by atoms with Crippen molar-refractivity contribution < 1.29 is 9.47 Å². The van der Waals surface area contributed by atoms with Crippen LogP contribution in [0.5, 0.6) is 23.0 Å². The minimum atomic E-state index is 0.783. The van der Waals surface area contributed by atoms with Crippen molar-refractivity contribution >= 4 is 66.4 Å². The number of anilines is 3. The van der Waals surface area contributed by atoms with E-state index < -0.39 is 0 Å². The second kappa shape index (κ2) is 10.8. The van der Waals surface area contributed by atoms with Crippen molar-refractivity contribution in [3.05, 3.63) is 164 Å². The first-order valence-corrected chi connectivity index (χ1v) is 18.3. The maximum Gasteiger partial charge on any atom is 0.165 e. The van der Waals surface area contributed by atoms with Gasteiger partial charge in [0, 0.05) is 33.6 Å². The smallest absolute Gasteiger partial charge is 0.165 e. The molecule has 5 heteroatoms. The van der Waals surface area contributed by atoms with Gasteiger partial charge in [-0.25, -0.2) is 0 Å². The molecule has 7 aromatic carbocycles. The summed E-state index contributed by atoms with van der Waals surface area (Å²) in [6.45, 7) is 0. The molecular formula is C48H31N3O2. The van der Waals surface area contributed by atoms with Crippen molar-refractivity contribution in [1.82, 2.24) is 9.13 Å². The highest BCUT2D eigenvalue weighted by atomic mass is 16.5. The SMILES string of the molecule is C1=CC(n2c3ccc(-c4ccc5c(c4)c4ccccc4n5-c4ccccc4)cc3c3c4c5c(cc32)Oc2ccccc2N5c2ccccc2O4)=CCC1. The number of fused-ring (bicyclic) bond motifs is 11. The molecule has 12 rings (SSSR count). The summed E-state index contributed by atoms with van der Waals surface area (Å²) < 4.78 is 18.4. The molecule has 0 radical (unpaired) electrons. The predicted octanol–water partition coefficient (Wildman–Crippen LogP) is 13.4. The van der Waals surface area contributed by atoms with Crippen molar-refractivity contribution in [2.45, 2.75) is 12.8 Å². The Morgan fingerprint density at radius 3 is 1.91 bits per heavy atom. The quantitative estimate of drug-likeness (QED) is 0.186. The molecule has 0 saturated carbocycles. The maximum absolute atomic E-state index is 6.98. The summed E-state index contributed by atoms with van der Waals surface area (Å²) in [5, 5.41) is 4.69. The average molecular weight is 682 g/mol. The summed E-state index contributed by atoms with van der Waals surface area (Å²) in [6.07, 6.45) is 8.90. The fraction of sp³-hybridized carbons (Fsp3) is 0.0417. The Hall–Kier alpha value is -6.98. The van der Waals surface area contributed by atoms with Gasteiger partial charge in [-0.1, -0.05) is 84.9 Å². The number of allylic oxidation sites excluding steroid dienone is 4. The summed E-state index contributed by atoms with van der Waals surface area (Å²) >= 11 is 0. The fourth-order valence-electron chi connectivity index (χ4n) is 8.78. The van der Waals surface area contributed by atoms with E-state index in [1.165, 1.54) is 27.4 Å². The van der Waals surface area contributed by atoms with Gasteiger partial charge in [0.25, 0.3) is 0 Å². The zero-order valence-electron chi connectivity index (χ0n) is 28.7. The van der Waals surface area contributed by atoms with E-state index in [9.17, 15) is 0 Å². The molecule has 9 aromatic rings. The van der Waals surface area contributed by atoms with Crippen LogP contribution < -0.4 is 14.4 Å². The van der Waals surface area contributed by atoms with Gasteiger partial charge in [-0.2, -0.15) is 0 Å². The standard InChI is InChI=1S/C48H31N3O2/c1-3-13-32(14-4-1)49-37-18-8-7-17-34(37)35-27-30(23-25-38(35)49)31-24-26-39-36(28-31)46-42(50(39)33-15-5-2-6-16-33)29-45-47-48(46)53-44-22-12-10-20-41(44)51(47)40-19-9-11-21-43(40)52-45/h1,3-5,7-29H,2,6H2. The fourth-order valence-corrected chi connectivity index (χ4v) is 8.78. The molecule has 0 saturated heterocycles. The number of ether oxygens (including phenoxy) is 2. The first kappa shape index (κ1) is 28.7. The topological polar surface area (TPSA) is 31.6 Å². The Morgan fingerprint density at radius 2 is 1.13 bits per heavy atom. The lowest BCUT2D eigenvalue weighted by Gasteiger charge is -2.38. The first-order valence-electron chi connectivity index (χ1n) is 18.3. The molecule has 0 bridgehead atoms. The molecule has 250 valence electrons. The lowest BCUT2D eigenvalue weighted by Crippen LogP contribution is -2.20. The van der Waals surface area contributed by atoms with E-state index in [-0.39, 0.29) is 0 Å². The van der Waals surface area contributed by atoms with Crippen molar-refractivity contribution in [1.29, 1.82) is 0 Å². The Morgan fingerprint density at radius 1 is 0.472 bits per heavy atom. The third-order valence-electron chi connectivity index (χ3n) is 11.1. The zero-order valence-corrected chi connectivity index (χ0v) is 28.7.